The molecular weight excluding hydrogens is 345 g/mol. The summed E-state index contributed by atoms with van der Waals surface area (Å²) in [5, 5.41) is 8.86. The van der Waals surface area contributed by atoms with Crippen LogP contribution in [-0.4, -0.2) is 17.7 Å². The number of carboxylic acids is 1. The summed E-state index contributed by atoms with van der Waals surface area (Å²) in [5.74, 6) is -1.79. The average molecular weight is 362 g/mol. The minimum absolute atomic E-state index is 0.0533. The third-order valence-corrected chi connectivity index (χ3v) is 3.65. The quantitative estimate of drug-likeness (QED) is 0.665. The third kappa shape index (κ3) is 5.81. The number of allylic oxidation sites excluding steroid dienone is 8. The van der Waals surface area contributed by atoms with E-state index in [2.05, 4.69) is 4.74 Å². The van der Waals surface area contributed by atoms with Crippen molar-refractivity contribution >= 4 is 12.0 Å². The molecule has 26 heavy (non-hydrogen) atoms. The molecule has 6 heteroatoms. The Kier molecular flexibility index (Phi) is 6.60. The summed E-state index contributed by atoms with van der Waals surface area (Å²) in [6.07, 6.45) is 9.00. The molecule has 0 saturated heterocycles. The van der Waals surface area contributed by atoms with Gasteiger partial charge in [0, 0.05) is 12.5 Å². The molecule has 0 bridgehead atoms. The number of halogens is 3. The minimum atomic E-state index is -3.01. The van der Waals surface area contributed by atoms with Crippen molar-refractivity contribution in [2.45, 2.75) is 20.0 Å². The Balaban J connectivity index is 2.10. The molecule has 1 aromatic carbocycles. The molecule has 1 aliphatic rings. The van der Waals surface area contributed by atoms with Gasteiger partial charge < -0.3 is 9.84 Å². The highest BCUT2D eigenvalue weighted by atomic mass is 19.3. The van der Waals surface area contributed by atoms with Crippen LogP contribution in [0.5, 0.6) is 0 Å². The lowest BCUT2D eigenvalue weighted by atomic mass is 10.0. The lowest BCUT2D eigenvalue weighted by molar-refractivity contribution is -0.0974. The number of benzene rings is 1. The van der Waals surface area contributed by atoms with Gasteiger partial charge in [0.2, 0.25) is 0 Å². The predicted octanol–water partition coefficient (Wildman–Crippen LogP) is 5.65. The van der Waals surface area contributed by atoms with Gasteiger partial charge in [-0.25, -0.2) is 9.18 Å². The molecule has 0 heterocycles. The van der Waals surface area contributed by atoms with E-state index in [1.54, 1.807) is 37.3 Å². The number of hydrogen-bond acceptors (Lipinski definition) is 2. The maximum absolute atomic E-state index is 13.5. The normalized spacial score (nSPS) is 15.4. The van der Waals surface area contributed by atoms with Gasteiger partial charge in [0.05, 0.1) is 5.56 Å². The van der Waals surface area contributed by atoms with Crippen LogP contribution < -0.4 is 0 Å². The molecule has 1 aliphatic carbocycles. The Bertz CT molecular complexity index is 813. The Labute approximate surface area is 149 Å². The molecule has 3 nitrogen and oxygen atoms in total. The summed E-state index contributed by atoms with van der Waals surface area (Å²) < 4.78 is 42.6. The number of rotatable bonds is 6. The van der Waals surface area contributed by atoms with E-state index in [9.17, 15) is 18.0 Å². The summed E-state index contributed by atoms with van der Waals surface area (Å²) in [4.78, 5) is 10.8. The molecular formula is C20H17F3O3. The van der Waals surface area contributed by atoms with Gasteiger partial charge in [-0.15, -0.1) is 0 Å². The SMILES string of the molecule is C/C(=C\C=C/c1ccc(C(=O)O)cc1)C1=CC=C(F)C=C(OC(F)F)C1. The second-order valence-electron chi connectivity index (χ2n) is 5.55. The molecule has 0 fully saturated rings. The Morgan fingerprint density at radius 3 is 2.54 bits per heavy atom. The van der Waals surface area contributed by atoms with Crippen LogP contribution >= 0.6 is 0 Å². The second kappa shape index (κ2) is 8.89. The summed E-state index contributed by atoms with van der Waals surface area (Å²) >= 11 is 0. The first-order valence-electron chi connectivity index (χ1n) is 7.75. The number of alkyl halides is 2. The Hall–Kier alpha value is -3.02. The van der Waals surface area contributed by atoms with E-state index in [1.807, 2.05) is 0 Å². The highest BCUT2D eigenvalue weighted by Gasteiger charge is 2.13. The van der Waals surface area contributed by atoms with Crippen LogP contribution in [0.25, 0.3) is 6.08 Å². The molecule has 2 rings (SSSR count). The molecule has 136 valence electrons. The van der Waals surface area contributed by atoms with E-state index in [0.717, 1.165) is 17.2 Å². The molecule has 0 radical (unpaired) electrons. The summed E-state index contributed by atoms with van der Waals surface area (Å²) in [6.45, 7) is -1.23. The number of aromatic carboxylic acids is 1. The molecule has 0 aliphatic heterocycles. The topological polar surface area (TPSA) is 46.5 Å². The van der Waals surface area contributed by atoms with Crippen molar-refractivity contribution in [3.05, 3.63) is 88.5 Å². The fourth-order valence-electron chi connectivity index (χ4n) is 2.29. The van der Waals surface area contributed by atoms with Crippen molar-refractivity contribution in [2.75, 3.05) is 0 Å². The zero-order chi connectivity index (χ0) is 19.1. The zero-order valence-electron chi connectivity index (χ0n) is 14.0. The van der Waals surface area contributed by atoms with Gasteiger partial charge in [-0.3, -0.25) is 0 Å². The predicted molar refractivity (Wildman–Crippen MR) is 93.3 cm³/mol. The van der Waals surface area contributed by atoms with E-state index in [0.29, 0.717) is 5.57 Å². The summed E-state index contributed by atoms with van der Waals surface area (Å²) in [6, 6.07) is 6.34. The van der Waals surface area contributed by atoms with Gasteiger partial charge in [0.1, 0.15) is 11.6 Å². The highest BCUT2D eigenvalue weighted by molar-refractivity contribution is 5.87. The standard InChI is InChI=1S/C20H17F3O3/c1-13(3-2-4-14-5-7-15(8-6-14)19(24)25)16-9-10-17(21)12-18(11-16)26-20(22)23/h2-10,12,20H,11H2,1H3,(H,24,25)/b4-2-,13-3+. The van der Waals surface area contributed by atoms with Crippen LogP contribution in [0.3, 0.4) is 0 Å². The second-order valence-corrected chi connectivity index (χ2v) is 5.55. The van der Waals surface area contributed by atoms with E-state index >= 15 is 0 Å². The number of hydrogen-bond donors (Lipinski definition) is 1. The van der Waals surface area contributed by atoms with Gasteiger partial charge >= 0.3 is 12.6 Å². The maximum Gasteiger partial charge on any atom is 0.387 e. The van der Waals surface area contributed by atoms with Crippen molar-refractivity contribution < 1.29 is 27.8 Å². The van der Waals surface area contributed by atoms with Crippen LogP contribution in [0.1, 0.15) is 29.3 Å². The molecule has 0 amide bonds. The van der Waals surface area contributed by atoms with Crippen LogP contribution in [0.15, 0.2) is 77.4 Å². The van der Waals surface area contributed by atoms with Crippen LogP contribution in [0.4, 0.5) is 13.2 Å². The number of carbonyl (C=O) groups is 1. The fourth-order valence-corrected chi connectivity index (χ4v) is 2.29. The van der Waals surface area contributed by atoms with Gasteiger partial charge in [0.25, 0.3) is 0 Å². The van der Waals surface area contributed by atoms with Gasteiger partial charge in [-0.2, -0.15) is 8.78 Å². The van der Waals surface area contributed by atoms with Gasteiger partial charge in [-0.1, -0.05) is 36.4 Å². The van der Waals surface area contributed by atoms with Crippen molar-refractivity contribution in [1.29, 1.82) is 0 Å². The van der Waals surface area contributed by atoms with Crippen LogP contribution in [0, 0.1) is 0 Å². The van der Waals surface area contributed by atoms with Crippen LogP contribution in [0.2, 0.25) is 0 Å². The first kappa shape index (κ1) is 19.3. The lowest BCUT2D eigenvalue weighted by Gasteiger charge is -2.11. The molecule has 0 unspecified atom stereocenters. The van der Waals surface area contributed by atoms with Crippen molar-refractivity contribution in [2.24, 2.45) is 0 Å². The minimum Gasteiger partial charge on any atom is -0.478 e. The molecule has 0 atom stereocenters. The number of carboxylic acid groups (broad SMARTS) is 1. The molecule has 0 spiro atoms. The Morgan fingerprint density at radius 2 is 1.92 bits per heavy atom. The van der Waals surface area contributed by atoms with E-state index in [4.69, 9.17) is 5.11 Å². The van der Waals surface area contributed by atoms with E-state index < -0.39 is 18.4 Å². The van der Waals surface area contributed by atoms with E-state index in [1.165, 1.54) is 24.3 Å². The molecule has 1 N–H and O–H groups in total. The molecule has 0 aromatic heterocycles. The Morgan fingerprint density at radius 1 is 1.23 bits per heavy atom. The first-order chi connectivity index (χ1) is 12.3. The maximum atomic E-state index is 13.5. The third-order valence-electron chi connectivity index (χ3n) is 3.65. The first-order valence-corrected chi connectivity index (χ1v) is 7.75. The number of ether oxygens (including phenoxy) is 1. The van der Waals surface area contributed by atoms with Gasteiger partial charge in [-0.05, 0) is 41.8 Å². The zero-order valence-corrected chi connectivity index (χ0v) is 14.0. The summed E-state index contributed by atoms with van der Waals surface area (Å²) in [7, 11) is 0. The molecule has 0 saturated carbocycles. The average Bonchev–Trinajstić information content (AvgIpc) is 2.76. The van der Waals surface area contributed by atoms with Crippen molar-refractivity contribution in [1.82, 2.24) is 0 Å². The smallest absolute Gasteiger partial charge is 0.387 e. The summed E-state index contributed by atoms with van der Waals surface area (Å²) in [5.41, 5.74) is 2.42. The molecule has 1 aromatic rings. The van der Waals surface area contributed by atoms with E-state index in [-0.39, 0.29) is 17.7 Å². The van der Waals surface area contributed by atoms with Crippen LogP contribution in [-0.2, 0) is 4.74 Å². The monoisotopic (exact) mass is 362 g/mol. The lowest BCUT2D eigenvalue weighted by Crippen LogP contribution is -2.01. The van der Waals surface area contributed by atoms with Crippen molar-refractivity contribution in [3.8, 4) is 0 Å². The van der Waals surface area contributed by atoms with Gasteiger partial charge in [0.15, 0.2) is 0 Å². The largest absolute Gasteiger partial charge is 0.478 e. The highest BCUT2D eigenvalue weighted by Crippen LogP contribution is 2.26. The van der Waals surface area contributed by atoms with Crippen molar-refractivity contribution in [3.63, 3.8) is 0 Å². The fraction of sp³-hybridized carbons (Fsp3) is 0.150.